The molecule has 8 heteroatoms. The summed E-state index contributed by atoms with van der Waals surface area (Å²) in [5.41, 5.74) is -2.20. The van der Waals surface area contributed by atoms with Crippen molar-refractivity contribution >= 4 is 23.9 Å². The Morgan fingerprint density at radius 3 is 0.722 bits per heavy atom. The van der Waals surface area contributed by atoms with Gasteiger partial charge in [0.2, 0.25) is 0 Å². The van der Waals surface area contributed by atoms with Crippen LogP contribution in [0.5, 0.6) is 0 Å². The molecule has 0 N–H and O–H groups in total. The third-order valence-corrected chi connectivity index (χ3v) is 19.8. The molecule has 0 unspecified atom stereocenters. The van der Waals surface area contributed by atoms with Gasteiger partial charge in [0.15, 0.2) is 0 Å². The largest absolute Gasteiger partial charge is 0.458 e. The van der Waals surface area contributed by atoms with E-state index >= 15 is 0 Å². The van der Waals surface area contributed by atoms with Crippen molar-refractivity contribution in [1.29, 1.82) is 0 Å². The molecule has 424 valence electrons. The molecule has 4 saturated carbocycles. The van der Waals surface area contributed by atoms with Crippen LogP contribution in [0.3, 0.4) is 0 Å². The van der Waals surface area contributed by atoms with Gasteiger partial charge >= 0.3 is 23.9 Å². The van der Waals surface area contributed by atoms with E-state index in [0.29, 0.717) is 0 Å². The first-order valence-electron chi connectivity index (χ1n) is 29.6. The average Bonchev–Trinajstić information content (AvgIpc) is 4.11. The zero-order valence-corrected chi connectivity index (χ0v) is 52.2. The molecule has 4 aliphatic rings. The van der Waals surface area contributed by atoms with Crippen molar-refractivity contribution < 1.29 is 38.1 Å². The Bertz CT molecular complexity index is 1640. The monoisotopic (exact) mass is 1020 g/mol. The fourth-order valence-corrected chi connectivity index (χ4v) is 10.8. The summed E-state index contributed by atoms with van der Waals surface area (Å²) in [6.07, 6.45) is 25.5. The zero-order valence-electron chi connectivity index (χ0n) is 52.2. The summed E-state index contributed by atoms with van der Waals surface area (Å²) in [6, 6.07) is 0. The molecule has 0 saturated heterocycles. The first kappa shape index (κ1) is 67.9. The normalized spacial score (nSPS) is 20.1. The van der Waals surface area contributed by atoms with Gasteiger partial charge in [-0.3, -0.25) is 19.2 Å². The quantitative estimate of drug-likeness (QED) is 0.105. The third-order valence-electron chi connectivity index (χ3n) is 19.8. The van der Waals surface area contributed by atoms with Crippen molar-refractivity contribution in [1.82, 2.24) is 0 Å². The topological polar surface area (TPSA) is 105 Å². The predicted octanol–water partition coefficient (Wildman–Crippen LogP) is 18.9. The molecule has 4 aliphatic carbocycles. The standard InChI is InChI=1S/C17H32O2.2C16H30O2.C15H28O2/c1-7-11-16(5,6)17(12-9-10-13-17)19-14(18)15(3,4)8-2;1-7-15(5,6)13(17)18-16(14(2,3)4)11-9-8-10-12-16;1-7-14(3,4)13(17)18-16(11-9-10-12-16)15(5,6)8-2;1-7-14(5,6)12(16)17-15(13(2,3)4)10-8-9-11-15/h7-13H2,1-6H3;2*7-12H2,1-6H3;7-11H2,1-6H3. The maximum absolute atomic E-state index is 12.5. The minimum atomic E-state index is -0.365. The van der Waals surface area contributed by atoms with E-state index in [-0.39, 0.29) is 89.6 Å². The van der Waals surface area contributed by atoms with Gasteiger partial charge in [0, 0.05) is 21.7 Å². The van der Waals surface area contributed by atoms with E-state index in [1.807, 2.05) is 76.2 Å². The van der Waals surface area contributed by atoms with E-state index in [9.17, 15) is 19.2 Å². The fraction of sp³-hybridized carbons (Fsp3) is 0.938. The average molecular weight is 1020 g/mol. The highest BCUT2D eigenvalue weighted by atomic mass is 16.6. The molecule has 0 aliphatic heterocycles. The maximum Gasteiger partial charge on any atom is 0.312 e. The number of ether oxygens (including phenoxy) is 4. The van der Waals surface area contributed by atoms with E-state index in [1.165, 1.54) is 57.8 Å². The van der Waals surface area contributed by atoms with Gasteiger partial charge < -0.3 is 18.9 Å². The molecule has 72 heavy (non-hydrogen) atoms. The second kappa shape index (κ2) is 26.3. The Morgan fingerprint density at radius 1 is 0.306 bits per heavy atom. The van der Waals surface area contributed by atoms with Crippen LogP contribution in [0.1, 0.15) is 320 Å². The van der Waals surface area contributed by atoms with Crippen LogP contribution in [0.4, 0.5) is 0 Å². The molecule has 0 bridgehead atoms. The lowest BCUT2D eigenvalue weighted by Gasteiger charge is -2.47. The third kappa shape index (κ3) is 16.9. The van der Waals surface area contributed by atoms with Gasteiger partial charge in [-0.25, -0.2) is 0 Å². The zero-order chi connectivity index (χ0) is 56.1. The van der Waals surface area contributed by atoms with Crippen LogP contribution in [0.2, 0.25) is 0 Å². The van der Waals surface area contributed by atoms with Crippen LogP contribution in [0.15, 0.2) is 0 Å². The minimum absolute atomic E-state index is 0.0129. The molecule has 0 aromatic rings. The predicted molar refractivity (Wildman–Crippen MR) is 302 cm³/mol. The van der Waals surface area contributed by atoms with E-state index < -0.39 is 0 Å². The van der Waals surface area contributed by atoms with Crippen LogP contribution in [-0.2, 0) is 38.1 Å². The molecule has 0 aromatic heterocycles. The van der Waals surface area contributed by atoms with Crippen LogP contribution >= 0.6 is 0 Å². The van der Waals surface area contributed by atoms with Gasteiger partial charge in [0.1, 0.15) is 22.4 Å². The van der Waals surface area contributed by atoms with Gasteiger partial charge in [0.05, 0.1) is 21.7 Å². The Hall–Kier alpha value is -2.12. The molecule has 4 rings (SSSR count). The first-order valence-corrected chi connectivity index (χ1v) is 29.6. The van der Waals surface area contributed by atoms with Gasteiger partial charge in [-0.2, -0.15) is 0 Å². The van der Waals surface area contributed by atoms with Crippen molar-refractivity contribution in [3.63, 3.8) is 0 Å². The van der Waals surface area contributed by atoms with E-state index in [1.54, 1.807) is 0 Å². The summed E-state index contributed by atoms with van der Waals surface area (Å²) >= 11 is 0. The van der Waals surface area contributed by atoms with E-state index in [0.717, 1.165) is 96.3 Å². The highest BCUT2D eigenvalue weighted by Crippen LogP contribution is 2.52. The van der Waals surface area contributed by atoms with Crippen molar-refractivity contribution in [2.45, 2.75) is 343 Å². The fourth-order valence-electron chi connectivity index (χ4n) is 10.8. The second-order valence-corrected chi connectivity index (χ2v) is 29.0. The number of esters is 4. The van der Waals surface area contributed by atoms with Crippen LogP contribution < -0.4 is 0 Å². The van der Waals surface area contributed by atoms with Gasteiger partial charge in [-0.15, -0.1) is 0 Å². The molecule has 0 spiro atoms. The lowest BCUT2D eigenvalue weighted by atomic mass is 9.68. The first-order chi connectivity index (χ1) is 32.7. The van der Waals surface area contributed by atoms with Gasteiger partial charge in [-0.1, -0.05) is 124 Å². The highest BCUT2D eigenvalue weighted by molar-refractivity contribution is 5.78. The smallest absolute Gasteiger partial charge is 0.312 e. The molecule has 0 atom stereocenters. The minimum Gasteiger partial charge on any atom is -0.458 e. The van der Waals surface area contributed by atoms with E-state index in [2.05, 4.69) is 90.0 Å². The molecule has 0 aromatic carbocycles. The summed E-state index contributed by atoms with van der Waals surface area (Å²) in [5.74, 6) is -0.0897. The van der Waals surface area contributed by atoms with Crippen molar-refractivity contribution in [3.05, 3.63) is 0 Å². The van der Waals surface area contributed by atoms with Crippen molar-refractivity contribution in [2.75, 3.05) is 0 Å². The van der Waals surface area contributed by atoms with Gasteiger partial charge in [-0.05, 0) is 197 Å². The molecule has 0 amide bonds. The number of rotatable bonds is 17. The summed E-state index contributed by atoms with van der Waals surface area (Å²) in [4.78, 5) is 49.6. The van der Waals surface area contributed by atoms with Crippen LogP contribution in [-0.4, -0.2) is 46.3 Å². The lowest BCUT2D eigenvalue weighted by Crippen LogP contribution is -2.50. The Balaban J connectivity index is 0.000000480. The number of hydrogen-bond donors (Lipinski definition) is 0. The molecular weight excluding hydrogens is 897 g/mol. The summed E-state index contributed by atoms with van der Waals surface area (Å²) in [7, 11) is 0. The molecule has 8 nitrogen and oxygen atoms in total. The van der Waals surface area contributed by atoms with Crippen molar-refractivity contribution in [3.8, 4) is 0 Å². The highest BCUT2D eigenvalue weighted by Gasteiger charge is 2.53. The molecule has 0 radical (unpaired) electrons. The number of carbonyl (C=O) groups is 4. The van der Waals surface area contributed by atoms with Gasteiger partial charge in [0.25, 0.3) is 0 Å². The summed E-state index contributed by atoms with van der Waals surface area (Å²) < 4.78 is 24.2. The maximum atomic E-state index is 12.5. The Labute approximate surface area is 446 Å². The Kier molecular flexibility index (Phi) is 24.8. The molecule has 4 fully saturated rings. The van der Waals surface area contributed by atoms with Crippen LogP contribution in [0, 0.1) is 43.3 Å². The Morgan fingerprint density at radius 2 is 0.514 bits per heavy atom. The molecule has 0 heterocycles. The van der Waals surface area contributed by atoms with E-state index in [4.69, 9.17) is 18.9 Å². The lowest BCUT2D eigenvalue weighted by molar-refractivity contribution is -0.190. The summed E-state index contributed by atoms with van der Waals surface area (Å²) in [6.45, 7) is 50.6. The summed E-state index contributed by atoms with van der Waals surface area (Å²) in [5, 5.41) is 0. The SMILES string of the molecule is CCC(C)(C)C(=O)OC1(C(C)(C)C)CCCC1.CCC(C)(C)C(=O)OC1(C(C)(C)C)CCCCC1.CCC(C)(C)C(=O)OC1(C(C)(C)CC)CCCC1.CCCC(C)(C)C1(OC(=O)C(C)(C)CC)CCCC1. The molecular formula is C64H120O8. The number of carbonyl (C=O) groups excluding carboxylic acids is 4. The van der Waals surface area contributed by atoms with Crippen molar-refractivity contribution in [2.24, 2.45) is 43.3 Å². The van der Waals surface area contributed by atoms with Crippen LogP contribution in [0.25, 0.3) is 0 Å². The second-order valence-electron chi connectivity index (χ2n) is 29.0. The number of hydrogen-bond acceptors (Lipinski definition) is 8.